The highest BCUT2D eigenvalue weighted by molar-refractivity contribution is 5.71. The van der Waals surface area contributed by atoms with Crippen LogP contribution in [-0.4, -0.2) is 17.1 Å². The minimum atomic E-state index is 0.246. The molecule has 0 spiro atoms. The lowest BCUT2D eigenvalue weighted by molar-refractivity contribution is 0.475. The maximum Gasteiger partial charge on any atom is 0.116 e. The summed E-state index contributed by atoms with van der Waals surface area (Å²) >= 11 is 0. The molecule has 1 aromatic carbocycles. The van der Waals surface area contributed by atoms with Crippen LogP contribution in [0.2, 0.25) is 0 Å². The summed E-state index contributed by atoms with van der Waals surface area (Å²) in [5.41, 5.74) is 3.79. The molecule has 4 nitrogen and oxygen atoms in total. The van der Waals surface area contributed by atoms with Gasteiger partial charge in [-0.05, 0) is 23.8 Å². The predicted octanol–water partition coefficient (Wildman–Crippen LogP) is 3.82. The third-order valence-corrected chi connectivity index (χ3v) is 3.18. The van der Waals surface area contributed by atoms with E-state index in [0.29, 0.717) is 0 Å². The molecule has 0 saturated heterocycles. The van der Waals surface area contributed by atoms with E-state index in [1.807, 2.05) is 36.2 Å². The highest BCUT2D eigenvalue weighted by Crippen LogP contribution is 2.28. The van der Waals surface area contributed by atoms with Crippen molar-refractivity contribution in [3.05, 3.63) is 61.3 Å². The van der Waals surface area contributed by atoms with Gasteiger partial charge < -0.3 is 14.4 Å². The van der Waals surface area contributed by atoms with Crippen molar-refractivity contribution in [1.82, 2.24) is 4.98 Å². The van der Waals surface area contributed by atoms with Crippen LogP contribution in [0, 0.1) is 0 Å². The first kappa shape index (κ1) is 12.3. The van der Waals surface area contributed by atoms with Crippen LogP contribution in [0.4, 0.5) is 11.4 Å². The van der Waals surface area contributed by atoms with Crippen molar-refractivity contribution in [2.45, 2.75) is 0 Å². The third kappa shape index (κ3) is 2.36. The second-order valence-corrected chi connectivity index (χ2v) is 4.52. The maximum atomic E-state index is 9.56. The molecule has 0 amide bonds. The van der Waals surface area contributed by atoms with Crippen molar-refractivity contribution < 1.29 is 9.52 Å². The minimum Gasteiger partial charge on any atom is -0.508 e. The summed E-state index contributed by atoms with van der Waals surface area (Å²) in [6, 6.07) is 11.0. The lowest BCUT2D eigenvalue weighted by Crippen LogP contribution is -2.08. The van der Waals surface area contributed by atoms with Crippen LogP contribution >= 0.6 is 0 Å². The number of aromatic nitrogens is 1. The normalized spacial score (nSPS) is 10.4. The molecule has 20 heavy (non-hydrogen) atoms. The van der Waals surface area contributed by atoms with Crippen molar-refractivity contribution in [3.63, 3.8) is 0 Å². The molecule has 0 fully saturated rings. The standard InChI is InChI=1S/C16H14N2O2/c1-18(14-5-6-20-11-14)15-7-13(9-17-10-15)12-3-2-4-16(19)8-12/h2-11,19H,1H3. The van der Waals surface area contributed by atoms with Crippen molar-refractivity contribution >= 4 is 11.4 Å². The average Bonchev–Trinajstić information content (AvgIpc) is 3.01. The molecular weight excluding hydrogens is 252 g/mol. The molecule has 100 valence electrons. The Morgan fingerprint density at radius 2 is 1.95 bits per heavy atom. The molecule has 3 aromatic rings. The Balaban J connectivity index is 1.98. The fourth-order valence-corrected chi connectivity index (χ4v) is 2.05. The lowest BCUT2D eigenvalue weighted by Gasteiger charge is -2.17. The van der Waals surface area contributed by atoms with Crippen molar-refractivity contribution in [3.8, 4) is 16.9 Å². The number of pyridine rings is 1. The first-order chi connectivity index (χ1) is 9.74. The number of phenolic OH excluding ortho intramolecular Hbond substituents is 1. The number of furan rings is 1. The van der Waals surface area contributed by atoms with Gasteiger partial charge in [-0.25, -0.2) is 0 Å². The maximum absolute atomic E-state index is 9.56. The van der Waals surface area contributed by atoms with Crippen LogP contribution in [-0.2, 0) is 0 Å². The number of rotatable bonds is 3. The first-order valence-corrected chi connectivity index (χ1v) is 6.24. The van der Waals surface area contributed by atoms with Gasteiger partial charge in [0.1, 0.15) is 12.0 Å². The summed E-state index contributed by atoms with van der Waals surface area (Å²) in [7, 11) is 1.95. The molecule has 2 aromatic heterocycles. The van der Waals surface area contributed by atoms with Crippen LogP contribution in [0.5, 0.6) is 5.75 Å². The van der Waals surface area contributed by atoms with Crippen LogP contribution in [0.3, 0.4) is 0 Å². The summed E-state index contributed by atoms with van der Waals surface area (Å²) in [5, 5.41) is 9.56. The average molecular weight is 266 g/mol. The summed E-state index contributed by atoms with van der Waals surface area (Å²) in [6.07, 6.45) is 6.89. The number of hydrogen-bond donors (Lipinski definition) is 1. The zero-order valence-corrected chi connectivity index (χ0v) is 11.0. The fraction of sp³-hybridized carbons (Fsp3) is 0.0625. The summed E-state index contributed by atoms with van der Waals surface area (Å²) in [5.74, 6) is 0.246. The van der Waals surface area contributed by atoms with E-state index >= 15 is 0 Å². The Bertz CT molecular complexity index is 708. The van der Waals surface area contributed by atoms with Gasteiger partial charge in [0.05, 0.1) is 23.8 Å². The van der Waals surface area contributed by atoms with Crippen LogP contribution in [0.15, 0.2) is 65.7 Å². The Labute approximate surface area is 116 Å². The Morgan fingerprint density at radius 3 is 2.70 bits per heavy atom. The predicted molar refractivity (Wildman–Crippen MR) is 78.1 cm³/mol. The molecule has 1 N–H and O–H groups in total. The molecule has 0 aliphatic heterocycles. The Kier molecular flexibility index (Phi) is 3.13. The van der Waals surface area contributed by atoms with Gasteiger partial charge in [-0.2, -0.15) is 0 Å². The van der Waals surface area contributed by atoms with E-state index in [4.69, 9.17) is 4.42 Å². The molecule has 0 unspecified atom stereocenters. The number of anilines is 2. The van der Waals surface area contributed by atoms with E-state index in [2.05, 4.69) is 4.98 Å². The highest BCUT2D eigenvalue weighted by atomic mass is 16.3. The molecule has 0 aliphatic rings. The van der Waals surface area contributed by atoms with Crippen LogP contribution < -0.4 is 4.90 Å². The second kappa shape index (κ2) is 5.09. The zero-order chi connectivity index (χ0) is 13.9. The van der Waals surface area contributed by atoms with Gasteiger partial charge in [0, 0.05) is 24.9 Å². The molecule has 2 heterocycles. The Hall–Kier alpha value is -2.75. The van der Waals surface area contributed by atoms with Gasteiger partial charge in [0.25, 0.3) is 0 Å². The van der Waals surface area contributed by atoms with Gasteiger partial charge in [0.2, 0.25) is 0 Å². The molecule has 3 rings (SSSR count). The van der Waals surface area contributed by atoms with Crippen LogP contribution in [0.1, 0.15) is 0 Å². The largest absolute Gasteiger partial charge is 0.508 e. The third-order valence-electron chi connectivity index (χ3n) is 3.18. The van der Waals surface area contributed by atoms with E-state index in [-0.39, 0.29) is 5.75 Å². The van der Waals surface area contributed by atoms with E-state index < -0.39 is 0 Å². The quantitative estimate of drug-likeness (QED) is 0.783. The topological polar surface area (TPSA) is 49.5 Å². The molecule has 4 heteroatoms. The molecule has 0 saturated carbocycles. The number of benzene rings is 1. The van der Waals surface area contributed by atoms with Gasteiger partial charge in [-0.3, -0.25) is 4.98 Å². The molecule has 0 bridgehead atoms. The molecule has 0 aliphatic carbocycles. The molecule has 0 radical (unpaired) electrons. The van der Waals surface area contributed by atoms with Crippen molar-refractivity contribution in [1.29, 1.82) is 0 Å². The van der Waals surface area contributed by atoms with E-state index in [9.17, 15) is 5.11 Å². The number of phenols is 1. The van der Waals surface area contributed by atoms with Crippen LogP contribution in [0.25, 0.3) is 11.1 Å². The van der Waals surface area contributed by atoms with E-state index in [1.165, 1.54) is 0 Å². The first-order valence-electron chi connectivity index (χ1n) is 6.24. The second-order valence-electron chi connectivity index (χ2n) is 4.52. The van der Waals surface area contributed by atoms with E-state index in [0.717, 1.165) is 22.5 Å². The van der Waals surface area contributed by atoms with Gasteiger partial charge >= 0.3 is 0 Å². The Morgan fingerprint density at radius 1 is 1.05 bits per heavy atom. The smallest absolute Gasteiger partial charge is 0.116 e. The van der Waals surface area contributed by atoms with Gasteiger partial charge in [-0.1, -0.05) is 12.1 Å². The van der Waals surface area contributed by atoms with Crippen molar-refractivity contribution in [2.24, 2.45) is 0 Å². The summed E-state index contributed by atoms with van der Waals surface area (Å²) in [4.78, 5) is 6.26. The number of nitrogens with zero attached hydrogens (tertiary/aromatic N) is 2. The molecular formula is C16H14N2O2. The lowest BCUT2D eigenvalue weighted by atomic mass is 10.1. The monoisotopic (exact) mass is 266 g/mol. The van der Waals surface area contributed by atoms with Gasteiger partial charge in [0.15, 0.2) is 0 Å². The van der Waals surface area contributed by atoms with Crippen molar-refractivity contribution in [2.75, 3.05) is 11.9 Å². The molecule has 0 atom stereocenters. The zero-order valence-electron chi connectivity index (χ0n) is 11.0. The minimum absolute atomic E-state index is 0.246. The number of hydrogen-bond acceptors (Lipinski definition) is 4. The van der Waals surface area contributed by atoms with Gasteiger partial charge in [-0.15, -0.1) is 0 Å². The number of aromatic hydroxyl groups is 1. The fourth-order valence-electron chi connectivity index (χ4n) is 2.05. The highest BCUT2D eigenvalue weighted by Gasteiger charge is 2.07. The SMILES string of the molecule is CN(c1ccoc1)c1cncc(-c2cccc(O)c2)c1. The summed E-state index contributed by atoms with van der Waals surface area (Å²) in [6.45, 7) is 0. The summed E-state index contributed by atoms with van der Waals surface area (Å²) < 4.78 is 5.09. The van der Waals surface area contributed by atoms with E-state index in [1.54, 1.807) is 37.1 Å².